The minimum absolute atomic E-state index is 0.0120. The summed E-state index contributed by atoms with van der Waals surface area (Å²) in [6, 6.07) is 20.4. The number of allylic oxidation sites excluding steroid dienone is 1. The predicted octanol–water partition coefficient (Wildman–Crippen LogP) is 7.20. The van der Waals surface area contributed by atoms with Gasteiger partial charge >= 0.3 is 5.97 Å². The molecule has 0 amide bonds. The number of nitriles is 1. The molecule has 43 heavy (non-hydrogen) atoms. The van der Waals surface area contributed by atoms with Crippen LogP contribution in [0.25, 0.3) is 0 Å². The van der Waals surface area contributed by atoms with Gasteiger partial charge in [-0.15, -0.1) is 0 Å². The molecule has 2 unspecified atom stereocenters. The van der Waals surface area contributed by atoms with Crippen LogP contribution in [0.15, 0.2) is 72.1 Å². The summed E-state index contributed by atoms with van der Waals surface area (Å²) < 4.78 is 28.8. The van der Waals surface area contributed by atoms with E-state index in [1.807, 2.05) is 42.5 Å². The number of methoxy groups -OCH3 is 1. The van der Waals surface area contributed by atoms with E-state index >= 15 is 0 Å². The SMILES string of the molecule is CCCCCCCOc1ccc(C2C(C#N)=C(N)Oc3cc(OC(=O)C(C)Oc4ccc(CC)cc4)ccc32)cc1OC. The van der Waals surface area contributed by atoms with Crippen LogP contribution in [-0.2, 0) is 11.2 Å². The number of ether oxygens (including phenoxy) is 5. The summed E-state index contributed by atoms with van der Waals surface area (Å²) in [5.74, 6) is 1.38. The molecule has 1 heterocycles. The molecule has 0 spiro atoms. The van der Waals surface area contributed by atoms with Gasteiger partial charge in [0.1, 0.15) is 28.9 Å². The standard InChI is InChI=1S/C35H40N2O6/c1-5-7-8-9-10-19-40-30-18-13-25(20-32(30)39-4)33-28-17-16-27(21-31(28)43-34(37)29(33)22-36)42-35(38)23(3)41-26-14-11-24(6-2)12-15-26/h11-18,20-21,23,33H,5-10,19,37H2,1-4H3. The first kappa shape index (κ1) is 31.3. The van der Waals surface area contributed by atoms with Gasteiger partial charge in [-0.25, -0.2) is 4.79 Å². The van der Waals surface area contributed by atoms with E-state index in [2.05, 4.69) is 19.9 Å². The number of hydrogen-bond acceptors (Lipinski definition) is 8. The number of aryl methyl sites for hydroxylation is 1. The van der Waals surface area contributed by atoms with Crippen LogP contribution in [-0.4, -0.2) is 25.8 Å². The molecule has 1 aliphatic heterocycles. The zero-order chi connectivity index (χ0) is 30.8. The van der Waals surface area contributed by atoms with E-state index < -0.39 is 18.0 Å². The van der Waals surface area contributed by atoms with Crippen molar-refractivity contribution in [2.24, 2.45) is 5.73 Å². The second kappa shape index (κ2) is 15.0. The molecule has 0 radical (unpaired) electrons. The third-order valence-corrected chi connectivity index (χ3v) is 7.41. The molecule has 0 aromatic heterocycles. The lowest BCUT2D eigenvalue weighted by molar-refractivity contribution is -0.141. The Hall–Kier alpha value is -4.64. The maximum atomic E-state index is 12.8. The van der Waals surface area contributed by atoms with Crippen LogP contribution < -0.4 is 29.4 Å². The number of esters is 1. The van der Waals surface area contributed by atoms with Gasteiger partial charge in [-0.2, -0.15) is 5.26 Å². The van der Waals surface area contributed by atoms with Crippen molar-refractivity contribution in [3.8, 4) is 34.8 Å². The van der Waals surface area contributed by atoms with Crippen molar-refractivity contribution in [3.05, 3.63) is 88.8 Å². The monoisotopic (exact) mass is 584 g/mol. The van der Waals surface area contributed by atoms with E-state index in [9.17, 15) is 10.1 Å². The van der Waals surface area contributed by atoms with E-state index in [4.69, 9.17) is 29.4 Å². The quantitative estimate of drug-likeness (QED) is 0.120. The summed E-state index contributed by atoms with van der Waals surface area (Å²) in [6.45, 7) is 6.50. The van der Waals surface area contributed by atoms with Crippen LogP contribution in [0.5, 0.6) is 28.7 Å². The van der Waals surface area contributed by atoms with Crippen molar-refractivity contribution in [1.29, 1.82) is 5.26 Å². The van der Waals surface area contributed by atoms with Gasteiger partial charge in [0, 0.05) is 11.6 Å². The Kier molecular flexibility index (Phi) is 10.9. The Labute approximate surface area is 254 Å². The molecule has 0 fully saturated rings. The van der Waals surface area contributed by atoms with Crippen molar-refractivity contribution < 1.29 is 28.5 Å². The third kappa shape index (κ3) is 7.81. The second-order valence-corrected chi connectivity index (χ2v) is 10.5. The molecule has 0 aliphatic carbocycles. The van der Waals surface area contributed by atoms with E-state index in [-0.39, 0.29) is 17.2 Å². The molecule has 2 atom stereocenters. The highest BCUT2D eigenvalue weighted by molar-refractivity contribution is 5.77. The molecule has 4 rings (SSSR count). The molecule has 8 nitrogen and oxygen atoms in total. The summed E-state index contributed by atoms with van der Waals surface area (Å²) in [5.41, 5.74) is 9.16. The number of nitrogens with zero attached hydrogens (tertiary/aromatic N) is 1. The van der Waals surface area contributed by atoms with Crippen LogP contribution in [0.1, 0.15) is 75.5 Å². The zero-order valence-electron chi connectivity index (χ0n) is 25.4. The van der Waals surface area contributed by atoms with Gasteiger partial charge in [0.15, 0.2) is 17.6 Å². The first-order valence-corrected chi connectivity index (χ1v) is 14.9. The molecular formula is C35H40N2O6. The van der Waals surface area contributed by atoms with E-state index in [1.165, 1.54) is 24.8 Å². The Morgan fingerprint density at radius 3 is 2.42 bits per heavy atom. The first-order valence-electron chi connectivity index (χ1n) is 14.9. The molecule has 1 aliphatic rings. The largest absolute Gasteiger partial charge is 0.493 e. The van der Waals surface area contributed by atoms with Crippen LogP contribution >= 0.6 is 0 Å². The van der Waals surface area contributed by atoms with Crippen molar-refractivity contribution in [1.82, 2.24) is 0 Å². The highest BCUT2D eigenvalue weighted by Gasteiger charge is 2.32. The Balaban J connectivity index is 1.50. The van der Waals surface area contributed by atoms with Gasteiger partial charge in [0.05, 0.1) is 19.6 Å². The van der Waals surface area contributed by atoms with Crippen molar-refractivity contribution in [3.63, 3.8) is 0 Å². The van der Waals surface area contributed by atoms with E-state index in [0.717, 1.165) is 24.8 Å². The Morgan fingerprint density at radius 2 is 1.72 bits per heavy atom. The number of rotatable bonds is 14. The number of nitrogens with two attached hydrogens (primary N) is 1. The van der Waals surface area contributed by atoms with Gasteiger partial charge in [-0.05, 0) is 61.2 Å². The third-order valence-electron chi connectivity index (χ3n) is 7.41. The molecule has 8 heteroatoms. The van der Waals surface area contributed by atoms with Gasteiger partial charge in [-0.3, -0.25) is 0 Å². The van der Waals surface area contributed by atoms with Crippen molar-refractivity contribution >= 4 is 5.97 Å². The zero-order valence-corrected chi connectivity index (χ0v) is 25.4. The molecule has 3 aromatic rings. The maximum absolute atomic E-state index is 12.8. The molecule has 0 saturated heterocycles. The lowest BCUT2D eigenvalue weighted by Gasteiger charge is -2.27. The number of unbranched alkanes of at least 4 members (excludes halogenated alkanes) is 4. The minimum Gasteiger partial charge on any atom is -0.493 e. The van der Waals surface area contributed by atoms with Crippen LogP contribution in [0.3, 0.4) is 0 Å². The van der Waals surface area contributed by atoms with Gasteiger partial charge in [0.25, 0.3) is 0 Å². The highest BCUT2D eigenvalue weighted by atomic mass is 16.6. The average molecular weight is 585 g/mol. The number of carbonyl (C=O) groups is 1. The molecule has 2 N–H and O–H groups in total. The van der Waals surface area contributed by atoms with Gasteiger partial charge in [-0.1, -0.05) is 63.8 Å². The topological polar surface area (TPSA) is 113 Å². The van der Waals surface area contributed by atoms with Gasteiger partial charge in [0.2, 0.25) is 5.88 Å². The Bertz CT molecular complexity index is 1470. The summed E-state index contributed by atoms with van der Waals surface area (Å²) in [6.07, 6.45) is 5.81. The van der Waals surface area contributed by atoms with Crippen molar-refractivity contribution in [2.75, 3.05) is 13.7 Å². The number of fused-ring (bicyclic) bond motifs is 1. The highest BCUT2D eigenvalue weighted by Crippen LogP contribution is 2.45. The number of carbonyl (C=O) groups excluding carboxylic acids is 1. The summed E-state index contributed by atoms with van der Waals surface area (Å²) >= 11 is 0. The fourth-order valence-electron chi connectivity index (χ4n) is 4.97. The lowest BCUT2D eigenvalue weighted by Crippen LogP contribution is -2.28. The second-order valence-electron chi connectivity index (χ2n) is 10.5. The summed E-state index contributed by atoms with van der Waals surface area (Å²) in [7, 11) is 1.59. The van der Waals surface area contributed by atoms with E-state index in [0.29, 0.717) is 35.2 Å². The lowest BCUT2D eigenvalue weighted by atomic mass is 9.83. The van der Waals surface area contributed by atoms with E-state index in [1.54, 1.807) is 32.2 Å². The molecule has 0 saturated carbocycles. The van der Waals surface area contributed by atoms with Crippen molar-refractivity contribution in [2.45, 2.75) is 71.3 Å². The fourth-order valence-corrected chi connectivity index (χ4v) is 4.97. The molecular weight excluding hydrogens is 544 g/mol. The van der Waals surface area contributed by atoms with Gasteiger partial charge < -0.3 is 29.4 Å². The number of benzene rings is 3. The fraction of sp³-hybridized carbons (Fsp3) is 0.371. The predicted molar refractivity (Wildman–Crippen MR) is 165 cm³/mol. The molecule has 3 aromatic carbocycles. The van der Waals surface area contributed by atoms with Crippen LogP contribution in [0.4, 0.5) is 0 Å². The smallest absolute Gasteiger partial charge is 0.352 e. The van der Waals surface area contributed by atoms with Crippen LogP contribution in [0, 0.1) is 11.3 Å². The molecule has 226 valence electrons. The number of hydrogen-bond donors (Lipinski definition) is 1. The summed E-state index contributed by atoms with van der Waals surface area (Å²) in [5, 5.41) is 9.98. The summed E-state index contributed by atoms with van der Waals surface area (Å²) in [4.78, 5) is 12.8. The maximum Gasteiger partial charge on any atom is 0.352 e. The normalized spacial score (nSPS) is 14.6. The first-order chi connectivity index (χ1) is 20.9. The minimum atomic E-state index is -0.836. The molecule has 0 bridgehead atoms. The van der Waals surface area contributed by atoms with Crippen LogP contribution in [0.2, 0.25) is 0 Å². The average Bonchev–Trinajstić information content (AvgIpc) is 3.02. The Morgan fingerprint density at radius 1 is 0.977 bits per heavy atom.